The summed E-state index contributed by atoms with van der Waals surface area (Å²) in [4.78, 5) is 9.71. The lowest BCUT2D eigenvalue weighted by atomic mass is 9.75. The predicted octanol–water partition coefficient (Wildman–Crippen LogP) is 1.93. The van der Waals surface area contributed by atoms with Crippen molar-refractivity contribution in [3.05, 3.63) is 29.6 Å². The van der Waals surface area contributed by atoms with Crippen molar-refractivity contribution in [1.82, 2.24) is 14.8 Å². The summed E-state index contributed by atoms with van der Waals surface area (Å²) in [5.74, 6) is 0.727. The van der Waals surface area contributed by atoms with Crippen molar-refractivity contribution in [2.24, 2.45) is 5.92 Å². The number of hydrogen-bond acceptors (Lipinski definition) is 4. The Balaban J connectivity index is 1.58. The van der Waals surface area contributed by atoms with Gasteiger partial charge in [0.2, 0.25) is 0 Å². The minimum absolute atomic E-state index is 0.380. The van der Waals surface area contributed by atoms with Gasteiger partial charge in [0.15, 0.2) is 0 Å². The molecule has 3 heterocycles. The number of aryl methyl sites for hydroxylation is 1. The zero-order chi connectivity index (χ0) is 14.9. The maximum absolute atomic E-state index is 5.37. The standard InChI is InChI=1S/C17H27N3O/c1-14-5-4-6-16(18-14)10-20-12-17(13-20)9-15(11-21-3)7-8-19(17)2/h4-6,15H,7-13H2,1-3H3/t15-/m0/s1. The molecular formula is C17H27N3O. The lowest BCUT2D eigenvalue weighted by Gasteiger charge is -2.58. The van der Waals surface area contributed by atoms with Crippen LogP contribution in [0.3, 0.4) is 0 Å². The Morgan fingerprint density at radius 3 is 2.90 bits per heavy atom. The Morgan fingerprint density at radius 1 is 1.38 bits per heavy atom. The number of aromatic nitrogens is 1. The Bertz CT molecular complexity index is 485. The molecule has 0 unspecified atom stereocenters. The first kappa shape index (κ1) is 14.9. The van der Waals surface area contributed by atoms with E-state index in [-0.39, 0.29) is 0 Å². The SMILES string of the molecule is COC[C@H]1CCN(C)C2(C1)CN(Cc1cccc(C)n1)C2. The monoisotopic (exact) mass is 289 g/mol. The molecule has 116 valence electrons. The number of ether oxygens (including phenoxy) is 1. The number of methoxy groups -OCH3 is 1. The summed E-state index contributed by atoms with van der Waals surface area (Å²) in [5.41, 5.74) is 2.68. The van der Waals surface area contributed by atoms with Crippen LogP contribution in [0.5, 0.6) is 0 Å². The van der Waals surface area contributed by atoms with E-state index < -0.39 is 0 Å². The molecule has 2 saturated heterocycles. The Hall–Kier alpha value is -0.970. The topological polar surface area (TPSA) is 28.6 Å². The normalized spacial score (nSPS) is 26.0. The minimum Gasteiger partial charge on any atom is -0.384 e. The summed E-state index contributed by atoms with van der Waals surface area (Å²) in [6.07, 6.45) is 2.54. The van der Waals surface area contributed by atoms with Gasteiger partial charge in [-0.25, -0.2) is 0 Å². The molecule has 2 fully saturated rings. The highest BCUT2D eigenvalue weighted by molar-refractivity contribution is 5.13. The van der Waals surface area contributed by atoms with Gasteiger partial charge in [-0.15, -0.1) is 0 Å². The van der Waals surface area contributed by atoms with E-state index in [0.29, 0.717) is 5.54 Å². The van der Waals surface area contributed by atoms with Crippen LogP contribution in [0.25, 0.3) is 0 Å². The molecule has 0 aromatic carbocycles. The van der Waals surface area contributed by atoms with E-state index in [0.717, 1.165) is 24.8 Å². The molecule has 0 amide bonds. The molecule has 4 heteroatoms. The highest BCUT2D eigenvalue weighted by Crippen LogP contribution is 2.38. The molecule has 2 aliphatic heterocycles. The van der Waals surface area contributed by atoms with E-state index in [2.05, 4.69) is 47.0 Å². The van der Waals surface area contributed by atoms with Crippen LogP contribution in [0, 0.1) is 12.8 Å². The second kappa shape index (κ2) is 6.03. The molecule has 4 nitrogen and oxygen atoms in total. The lowest BCUT2D eigenvalue weighted by Crippen LogP contribution is -2.71. The van der Waals surface area contributed by atoms with Gasteiger partial charge >= 0.3 is 0 Å². The highest BCUT2D eigenvalue weighted by atomic mass is 16.5. The van der Waals surface area contributed by atoms with Gasteiger partial charge in [-0.2, -0.15) is 0 Å². The van der Waals surface area contributed by atoms with Gasteiger partial charge in [0.1, 0.15) is 0 Å². The molecule has 1 atom stereocenters. The van der Waals surface area contributed by atoms with Crippen molar-refractivity contribution >= 4 is 0 Å². The van der Waals surface area contributed by atoms with E-state index in [1.807, 2.05) is 7.11 Å². The first-order chi connectivity index (χ1) is 10.1. The molecule has 21 heavy (non-hydrogen) atoms. The van der Waals surface area contributed by atoms with Crippen molar-refractivity contribution in [1.29, 1.82) is 0 Å². The molecule has 0 radical (unpaired) electrons. The summed E-state index contributed by atoms with van der Waals surface area (Å²) in [6, 6.07) is 6.30. The maximum Gasteiger partial charge on any atom is 0.0547 e. The molecule has 1 aromatic rings. The number of pyridine rings is 1. The molecular weight excluding hydrogens is 262 g/mol. The fourth-order valence-electron chi connectivity index (χ4n) is 3.97. The Labute approximate surface area is 128 Å². The fourth-order valence-corrected chi connectivity index (χ4v) is 3.97. The molecule has 0 N–H and O–H groups in total. The number of nitrogens with zero attached hydrogens (tertiary/aromatic N) is 3. The summed E-state index contributed by atoms with van der Waals surface area (Å²) < 4.78 is 5.37. The maximum atomic E-state index is 5.37. The van der Waals surface area contributed by atoms with Gasteiger partial charge < -0.3 is 4.74 Å². The van der Waals surface area contributed by atoms with Crippen LogP contribution >= 0.6 is 0 Å². The third kappa shape index (κ3) is 3.12. The van der Waals surface area contributed by atoms with Gasteiger partial charge in [0.05, 0.1) is 5.69 Å². The smallest absolute Gasteiger partial charge is 0.0547 e. The van der Waals surface area contributed by atoms with Crippen molar-refractivity contribution in [3.63, 3.8) is 0 Å². The van der Waals surface area contributed by atoms with Crippen LogP contribution < -0.4 is 0 Å². The quantitative estimate of drug-likeness (QED) is 0.847. The van der Waals surface area contributed by atoms with Crippen LogP contribution in [0.2, 0.25) is 0 Å². The first-order valence-corrected chi connectivity index (χ1v) is 7.96. The second-order valence-electron chi connectivity index (χ2n) is 6.88. The van der Waals surface area contributed by atoms with Gasteiger partial charge in [-0.1, -0.05) is 6.07 Å². The van der Waals surface area contributed by atoms with Crippen LogP contribution in [-0.4, -0.2) is 60.7 Å². The third-order valence-corrected chi connectivity index (χ3v) is 5.12. The molecule has 1 spiro atoms. The fraction of sp³-hybridized carbons (Fsp3) is 0.706. The van der Waals surface area contributed by atoms with E-state index in [9.17, 15) is 0 Å². The van der Waals surface area contributed by atoms with E-state index in [1.165, 1.54) is 38.2 Å². The van der Waals surface area contributed by atoms with Gasteiger partial charge in [-0.05, 0) is 51.4 Å². The van der Waals surface area contributed by atoms with Gasteiger partial charge in [-0.3, -0.25) is 14.8 Å². The largest absolute Gasteiger partial charge is 0.384 e. The average molecular weight is 289 g/mol. The Kier molecular flexibility index (Phi) is 4.29. The van der Waals surface area contributed by atoms with Crippen molar-refractivity contribution in [2.45, 2.75) is 31.8 Å². The van der Waals surface area contributed by atoms with Crippen LogP contribution in [0.4, 0.5) is 0 Å². The summed E-state index contributed by atoms with van der Waals surface area (Å²) >= 11 is 0. The van der Waals surface area contributed by atoms with E-state index in [1.54, 1.807) is 0 Å². The average Bonchev–Trinajstić information content (AvgIpc) is 2.41. The molecule has 0 saturated carbocycles. The molecule has 0 aliphatic carbocycles. The second-order valence-corrected chi connectivity index (χ2v) is 6.88. The van der Waals surface area contributed by atoms with E-state index >= 15 is 0 Å². The first-order valence-electron chi connectivity index (χ1n) is 7.96. The van der Waals surface area contributed by atoms with Crippen LogP contribution in [0.1, 0.15) is 24.2 Å². The molecule has 0 bridgehead atoms. The molecule has 2 aliphatic rings. The number of hydrogen-bond donors (Lipinski definition) is 0. The number of likely N-dealkylation sites (N-methyl/N-ethyl adjacent to an activating group) is 1. The molecule has 3 rings (SSSR count). The zero-order valence-electron chi connectivity index (χ0n) is 13.5. The zero-order valence-corrected chi connectivity index (χ0v) is 13.5. The molecule has 1 aromatic heterocycles. The van der Waals surface area contributed by atoms with Gasteiger partial charge in [0, 0.05) is 44.6 Å². The van der Waals surface area contributed by atoms with Crippen LogP contribution in [0.15, 0.2) is 18.2 Å². The third-order valence-electron chi connectivity index (χ3n) is 5.12. The minimum atomic E-state index is 0.380. The summed E-state index contributed by atoms with van der Waals surface area (Å²) in [6.45, 7) is 7.48. The van der Waals surface area contributed by atoms with E-state index in [4.69, 9.17) is 4.74 Å². The van der Waals surface area contributed by atoms with Crippen molar-refractivity contribution in [2.75, 3.05) is 40.4 Å². The Morgan fingerprint density at radius 2 is 2.19 bits per heavy atom. The lowest BCUT2D eigenvalue weighted by molar-refractivity contribution is -0.0909. The highest BCUT2D eigenvalue weighted by Gasteiger charge is 2.49. The number of piperidine rings is 1. The number of rotatable bonds is 4. The summed E-state index contributed by atoms with van der Waals surface area (Å²) in [7, 11) is 4.10. The number of likely N-dealkylation sites (tertiary alicyclic amines) is 2. The van der Waals surface area contributed by atoms with Crippen LogP contribution in [-0.2, 0) is 11.3 Å². The van der Waals surface area contributed by atoms with Crippen molar-refractivity contribution in [3.8, 4) is 0 Å². The van der Waals surface area contributed by atoms with Crippen molar-refractivity contribution < 1.29 is 4.74 Å². The summed E-state index contributed by atoms with van der Waals surface area (Å²) in [5, 5.41) is 0. The van der Waals surface area contributed by atoms with Gasteiger partial charge in [0.25, 0.3) is 0 Å². The predicted molar refractivity (Wildman–Crippen MR) is 84.2 cm³/mol.